The van der Waals surface area contributed by atoms with Crippen LogP contribution in [-0.4, -0.2) is 14.5 Å². The second-order valence-corrected chi connectivity index (χ2v) is 5.47. The Kier molecular flexibility index (Phi) is 2.95. The summed E-state index contributed by atoms with van der Waals surface area (Å²) in [6.45, 7) is 1.98. The number of hydrogen-bond acceptors (Lipinski definition) is 3. The van der Waals surface area contributed by atoms with E-state index < -0.39 is 0 Å². The average Bonchev–Trinajstić information content (AvgIpc) is 2.71. The molecule has 0 unspecified atom stereocenters. The molecule has 0 radical (unpaired) electrons. The minimum absolute atomic E-state index is 0.408. The number of imidazole rings is 1. The number of nitrogen functional groups attached to an aromatic ring is 1. The number of benzene rings is 1. The molecule has 0 aliphatic heterocycles. The molecular formula is C13H10BrClN4. The number of rotatable bonds is 1. The third-order valence-electron chi connectivity index (χ3n) is 2.94. The summed E-state index contributed by atoms with van der Waals surface area (Å²) in [5.74, 6) is 0.408. The summed E-state index contributed by atoms with van der Waals surface area (Å²) in [6.07, 6.45) is 1.75. The van der Waals surface area contributed by atoms with Crippen LogP contribution in [-0.2, 0) is 0 Å². The van der Waals surface area contributed by atoms with Crippen LogP contribution in [0.4, 0.5) is 5.95 Å². The minimum Gasteiger partial charge on any atom is -0.369 e. The molecule has 19 heavy (non-hydrogen) atoms. The molecule has 2 N–H and O–H groups in total. The highest BCUT2D eigenvalue weighted by molar-refractivity contribution is 9.10. The zero-order valence-electron chi connectivity index (χ0n) is 10.1. The van der Waals surface area contributed by atoms with Gasteiger partial charge in [-0.05, 0) is 52.7 Å². The van der Waals surface area contributed by atoms with Crippen LogP contribution in [0.25, 0.3) is 16.9 Å². The summed E-state index contributed by atoms with van der Waals surface area (Å²) in [5.41, 5.74) is 9.47. The smallest absolute Gasteiger partial charge is 0.207 e. The number of fused-ring (bicyclic) bond motifs is 1. The third kappa shape index (κ3) is 1.99. The molecule has 2 aromatic heterocycles. The first-order valence-corrected chi connectivity index (χ1v) is 6.80. The molecule has 1 aromatic carbocycles. The van der Waals surface area contributed by atoms with Gasteiger partial charge in [-0.2, -0.15) is 0 Å². The first kappa shape index (κ1) is 12.4. The van der Waals surface area contributed by atoms with Gasteiger partial charge in [0.15, 0.2) is 5.65 Å². The lowest BCUT2D eigenvalue weighted by Gasteiger charge is -2.07. The van der Waals surface area contributed by atoms with Gasteiger partial charge in [-0.25, -0.2) is 9.97 Å². The normalized spacial score (nSPS) is 11.1. The van der Waals surface area contributed by atoms with Crippen LogP contribution in [0.5, 0.6) is 0 Å². The average molecular weight is 338 g/mol. The molecule has 0 amide bonds. The molecule has 0 bridgehead atoms. The Balaban J connectivity index is 2.33. The third-order valence-corrected chi connectivity index (χ3v) is 4.15. The van der Waals surface area contributed by atoms with Crippen LogP contribution < -0.4 is 5.73 Å². The standard InChI is InChI=1S/C13H10BrClN4/c1-7-4-5-17-12-11(7)18-13(16)19(12)8-2-3-10(15)9(14)6-8/h2-6H,1H3,(H2,16,18). The number of aromatic nitrogens is 3. The number of pyridine rings is 1. The second-order valence-electron chi connectivity index (χ2n) is 4.20. The van der Waals surface area contributed by atoms with Gasteiger partial charge in [0.25, 0.3) is 0 Å². The van der Waals surface area contributed by atoms with Crippen molar-refractivity contribution in [3.63, 3.8) is 0 Å². The lowest BCUT2D eigenvalue weighted by Crippen LogP contribution is -2.01. The summed E-state index contributed by atoms with van der Waals surface area (Å²) < 4.78 is 2.62. The molecule has 0 saturated carbocycles. The van der Waals surface area contributed by atoms with E-state index in [0.717, 1.165) is 26.9 Å². The maximum Gasteiger partial charge on any atom is 0.207 e. The summed E-state index contributed by atoms with van der Waals surface area (Å²) in [4.78, 5) is 8.73. The van der Waals surface area contributed by atoms with Gasteiger partial charge in [0.2, 0.25) is 5.95 Å². The van der Waals surface area contributed by atoms with E-state index in [1.54, 1.807) is 6.20 Å². The van der Waals surface area contributed by atoms with Crippen molar-refractivity contribution >= 4 is 44.6 Å². The molecular weight excluding hydrogens is 328 g/mol. The molecule has 2 heterocycles. The van der Waals surface area contributed by atoms with E-state index in [2.05, 4.69) is 25.9 Å². The van der Waals surface area contributed by atoms with E-state index in [1.807, 2.05) is 35.8 Å². The molecule has 0 atom stereocenters. The molecule has 0 saturated heterocycles. The maximum atomic E-state index is 6.01. The minimum atomic E-state index is 0.408. The predicted molar refractivity (Wildman–Crippen MR) is 80.7 cm³/mol. The van der Waals surface area contributed by atoms with Gasteiger partial charge in [-0.3, -0.25) is 4.57 Å². The van der Waals surface area contributed by atoms with E-state index in [-0.39, 0.29) is 0 Å². The fourth-order valence-corrected chi connectivity index (χ4v) is 2.47. The van der Waals surface area contributed by atoms with Crippen LogP contribution in [0.3, 0.4) is 0 Å². The van der Waals surface area contributed by atoms with Crippen LogP contribution in [0.1, 0.15) is 5.56 Å². The van der Waals surface area contributed by atoms with E-state index in [9.17, 15) is 0 Å². The molecule has 3 rings (SSSR count). The number of nitrogens with two attached hydrogens (primary N) is 1. The number of aryl methyl sites for hydroxylation is 1. The predicted octanol–water partition coefficient (Wildman–Crippen LogP) is 3.73. The highest BCUT2D eigenvalue weighted by atomic mass is 79.9. The van der Waals surface area contributed by atoms with Crippen molar-refractivity contribution in [1.29, 1.82) is 0 Å². The first-order chi connectivity index (χ1) is 9.08. The second kappa shape index (κ2) is 4.51. The molecule has 96 valence electrons. The summed E-state index contributed by atoms with van der Waals surface area (Å²) in [5, 5.41) is 0.649. The summed E-state index contributed by atoms with van der Waals surface area (Å²) >= 11 is 9.41. The van der Waals surface area contributed by atoms with Crippen molar-refractivity contribution in [3.8, 4) is 5.69 Å². The molecule has 0 fully saturated rings. The SMILES string of the molecule is Cc1ccnc2c1nc(N)n2-c1ccc(Cl)c(Br)c1. The monoisotopic (exact) mass is 336 g/mol. The first-order valence-electron chi connectivity index (χ1n) is 5.63. The highest BCUT2D eigenvalue weighted by Gasteiger charge is 2.13. The summed E-state index contributed by atoms with van der Waals surface area (Å²) in [7, 11) is 0. The highest BCUT2D eigenvalue weighted by Crippen LogP contribution is 2.28. The Morgan fingerprint density at radius 1 is 1.32 bits per heavy atom. The van der Waals surface area contributed by atoms with Crippen molar-refractivity contribution in [2.45, 2.75) is 6.92 Å². The largest absolute Gasteiger partial charge is 0.369 e. The van der Waals surface area contributed by atoms with Crippen LogP contribution >= 0.6 is 27.5 Å². The molecule has 0 aliphatic rings. The number of anilines is 1. The van der Waals surface area contributed by atoms with Gasteiger partial charge in [0.1, 0.15) is 5.52 Å². The van der Waals surface area contributed by atoms with E-state index >= 15 is 0 Å². The zero-order valence-corrected chi connectivity index (χ0v) is 12.4. The van der Waals surface area contributed by atoms with Gasteiger partial charge in [0, 0.05) is 10.7 Å². The lowest BCUT2D eigenvalue weighted by molar-refractivity contribution is 1.08. The maximum absolute atomic E-state index is 6.01. The zero-order chi connectivity index (χ0) is 13.6. The topological polar surface area (TPSA) is 56.7 Å². The Bertz CT molecular complexity index is 782. The van der Waals surface area contributed by atoms with Gasteiger partial charge in [-0.1, -0.05) is 11.6 Å². The van der Waals surface area contributed by atoms with Gasteiger partial charge in [0.05, 0.1) is 10.7 Å². The Hall–Kier alpha value is -1.59. The van der Waals surface area contributed by atoms with Crippen molar-refractivity contribution in [2.75, 3.05) is 5.73 Å². The van der Waals surface area contributed by atoms with Crippen LogP contribution in [0.2, 0.25) is 5.02 Å². The van der Waals surface area contributed by atoms with Gasteiger partial charge in [-0.15, -0.1) is 0 Å². The van der Waals surface area contributed by atoms with Crippen LogP contribution in [0, 0.1) is 6.92 Å². The number of halogens is 2. The van der Waals surface area contributed by atoms with Gasteiger partial charge >= 0.3 is 0 Å². The van der Waals surface area contributed by atoms with Gasteiger partial charge < -0.3 is 5.73 Å². The molecule has 0 spiro atoms. The molecule has 6 heteroatoms. The molecule has 0 aliphatic carbocycles. The summed E-state index contributed by atoms with van der Waals surface area (Å²) in [6, 6.07) is 7.50. The van der Waals surface area contributed by atoms with E-state index in [4.69, 9.17) is 17.3 Å². The lowest BCUT2D eigenvalue weighted by atomic mass is 10.2. The van der Waals surface area contributed by atoms with E-state index in [0.29, 0.717) is 11.0 Å². The Morgan fingerprint density at radius 2 is 2.11 bits per heavy atom. The number of hydrogen-bond donors (Lipinski definition) is 1. The molecule has 4 nitrogen and oxygen atoms in total. The number of nitrogens with zero attached hydrogens (tertiary/aromatic N) is 3. The quantitative estimate of drug-likeness (QED) is 0.736. The van der Waals surface area contributed by atoms with Crippen molar-refractivity contribution in [1.82, 2.24) is 14.5 Å². The van der Waals surface area contributed by atoms with Crippen LogP contribution in [0.15, 0.2) is 34.9 Å². The van der Waals surface area contributed by atoms with Crippen molar-refractivity contribution in [3.05, 3.63) is 45.5 Å². The van der Waals surface area contributed by atoms with Crippen molar-refractivity contribution in [2.24, 2.45) is 0 Å². The molecule has 3 aromatic rings. The fraction of sp³-hybridized carbons (Fsp3) is 0.0769. The van der Waals surface area contributed by atoms with Crippen molar-refractivity contribution < 1.29 is 0 Å². The Labute approximate surface area is 123 Å². The van der Waals surface area contributed by atoms with E-state index in [1.165, 1.54) is 0 Å². The fourth-order valence-electron chi connectivity index (χ4n) is 1.99. The Morgan fingerprint density at radius 3 is 2.84 bits per heavy atom.